The van der Waals surface area contributed by atoms with Gasteiger partial charge in [0.15, 0.2) is 0 Å². The largest absolute Gasteiger partial charge is 0.488 e. The van der Waals surface area contributed by atoms with Gasteiger partial charge in [-0.2, -0.15) is 0 Å². The van der Waals surface area contributed by atoms with E-state index in [1.54, 1.807) is 0 Å². The Morgan fingerprint density at radius 1 is 0.632 bits per heavy atom. The zero-order valence-corrected chi connectivity index (χ0v) is 14.4. The Balaban J connectivity index is 3.68. The molecule has 0 aromatic heterocycles. The highest BCUT2D eigenvalue weighted by atomic mass is 16.5. The van der Waals surface area contributed by atoms with Crippen LogP contribution in [-0.4, -0.2) is 5.60 Å². The molecule has 0 saturated heterocycles. The first-order chi connectivity index (χ1) is 8.36. The molecule has 0 aliphatic carbocycles. The molecular formula is C18H30O. The topological polar surface area (TPSA) is 9.23 Å². The van der Waals surface area contributed by atoms with E-state index >= 15 is 0 Å². The molecule has 19 heavy (non-hydrogen) atoms. The highest BCUT2D eigenvalue weighted by Crippen LogP contribution is 2.41. The molecule has 1 aromatic carbocycles. The van der Waals surface area contributed by atoms with Crippen LogP contribution in [0.2, 0.25) is 0 Å². The van der Waals surface area contributed by atoms with Crippen molar-refractivity contribution in [3.05, 3.63) is 27.8 Å². The van der Waals surface area contributed by atoms with Gasteiger partial charge < -0.3 is 4.74 Å². The van der Waals surface area contributed by atoms with Crippen LogP contribution in [0.3, 0.4) is 0 Å². The van der Waals surface area contributed by atoms with E-state index in [9.17, 15) is 0 Å². The van der Waals surface area contributed by atoms with E-state index in [0.29, 0.717) is 0 Å². The van der Waals surface area contributed by atoms with Crippen LogP contribution in [0.15, 0.2) is 0 Å². The Morgan fingerprint density at radius 3 is 1.42 bits per heavy atom. The predicted octanol–water partition coefficient (Wildman–Crippen LogP) is 5.40. The quantitative estimate of drug-likeness (QED) is 0.659. The van der Waals surface area contributed by atoms with Crippen LogP contribution in [0.5, 0.6) is 5.75 Å². The van der Waals surface area contributed by atoms with E-state index in [1.165, 1.54) is 27.8 Å². The normalized spacial score (nSPS) is 12.7. The maximum absolute atomic E-state index is 6.31. The summed E-state index contributed by atoms with van der Waals surface area (Å²) in [6.45, 7) is 21.9. The summed E-state index contributed by atoms with van der Waals surface area (Å²) < 4.78 is 6.31. The monoisotopic (exact) mass is 262 g/mol. The SMILES string of the molecule is Cc1c(C)c(C)c(C(C)(C)C)c(OC(C)(C)C)c1C. The van der Waals surface area contributed by atoms with Crippen LogP contribution in [0.4, 0.5) is 0 Å². The Hall–Kier alpha value is -0.980. The predicted molar refractivity (Wildman–Crippen MR) is 84.5 cm³/mol. The minimum Gasteiger partial charge on any atom is -0.488 e. The maximum atomic E-state index is 6.31. The van der Waals surface area contributed by atoms with Gasteiger partial charge in [0.25, 0.3) is 0 Å². The van der Waals surface area contributed by atoms with Crippen molar-refractivity contribution in [3.63, 3.8) is 0 Å². The van der Waals surface area contributed by atoms with Gasteiger partial charge in [-0.3, -0.25) is 0 Å². The lowest BCUT2D eigenvalue weighted by atomic mass is 9.79. The van der Waals surface area contributed by atoms with Crippen LogP contribution < -0.4 is 4.74 Å². The first-order valence-corrected chi connectivity index (χ1v) is 7.16. The average molecular weight is 262 g/mol. The fraction of sp³-hybridized carbons (Fsp3) is 0.667. The molecule has 1 heteroatoms. The third-order valence-electron chi connectivity index (χ3n) is 3.79. The second-order valence-electron chi connectivity index (χ2n) is 7.67. The van der Waals surface area contributed by atoms with Gasteiger partial charge in [0.05, 0.1) is 0 Å². The van der Waals surface area contributed by atoms with Gasteiger partial charge in [0.2, 0.25) is 0 Å². The second kappa shape index (κ2) is 4.85. The summed E-state index contributed by atoms with van der Waals surface area (Å²) >= 11 is 0. The molecule has 0 heterocycles. The number of hydrogen-bond acceptors (Lipinski definition) is 1. The van der Waals surface area contributed by atoms with Gasteiger partial charge in [0, 0.05) is 5.56 Å². The molecule has 108 valence electrons. The molecular weight excluding hydrogens is 232 g/mol. The lowest BCUT2D eigenvalue weighted by Gasteiger charge is -2.33. The van der Waals surface area contributed by atoms with Crippen molar-refractivity contribution < 1.29 is 4.74 Å². The van der Waals surface area contributed by atoms with Crippen LogP contribution >= 0.6 is 0 Å². The van der Waals surface area contributed by atoms with Gasteiger partial charge in [-0.25, -0.2) is 0 Å². The summed E-state index contributed by atoms with van der Waals surface area (Å²) in [7, 11) is 0. The van der Waals surface area contributed by atoms with E-state index < -0.39 is 0 Å². The third-order valence-corrected chi connectivity index (χ3v) is 3.79. The minimum atomic E-state index is -0.168. The maximum Gasteiger partial charge on any atom is 0.127 e. The molecule has 0 saturated carbocycles. The number of ether oxygens (including phenoxy) is 1. The van der Waals surface area contributed by atoms with Crippen LogP contribution in [0.25, 0.3) is 0 Å². The molecule has 0 spiro atoms. The molecule has 0 unspecified atom stereocenters. The zero-order chi connectivity index (χ0) is 15.2. The van der Waals surface area contributed by atoms with E-state index in [2.05, 4.69) is 69.2 Å². The molecule has 0 fully saturated rings. The molecule has 0 amide bonds. The fourth-order valence-electron chi connectivity index (χ4n) is 2.61. The van der Waals surface area contributed by atoms with Crippen molar-refractivity contribution in [3.8, 4) is 5.75 Å². The van der Waals surface area contributed by atoms with Gasteiger partial charge in [-0.1, -0.05) is 20.8 Å². The highest BCUT2D eigenvalue weighted by Gasteiger charge is 2.28. The standard InChI is InChI=1S/C18H30O/c1-11-12(2)14(4)16(19-18(8,9)10)15(13(11)3)17(5,6)7/h1-10H3. The zero-order valence-electron chi connectivity index (χ0n) is 14.4. The van der Waals surface area contributed by atoms with Crippen molar-refractivity contribution in [2.75, 3.05) is 0 Å². The fourth-order valence-corrected chi connectivity index (χ4v) is 2.61. The smallest absolute Gasteiger partial charge is 0.127 e. The van der Waals surface area contributed by atoms with Gasteiger partial charge in [-0.15, -0.1) is 0 Å². The first-order valence-electron chi connectivity index (χ1n) is 7.16. The summed E-state index contributed by atoms with van der Waals surface area (Å²) in [5, 5.41) is 0. The Labute approximate surface area is 119 Å². The Bertz CT molecular complexity index is 482. The Morgan fingerprint density at radius 2 is 1.05 bits per heavy atom. The van der Waals surface area contributed by atoms with Crippen molar-refractivity contribution in [1.82, 2.24) is 0 Å². The van der Waals surface area contributed by atoms with E-state index in [0.717, 1.165) is 5.75 Å². The van der Waals surface area contributed by atoms with Crippen LogP contribution in [0.1, 0.15) is 69.4 Å². The van der Waals surface area contributed by atoms with E-state index in [1.807, 2.05) is 0 Å². The molecule has 1 nitrogen and oxygen atoms in total. The lowest BCUT2D eigenvalue weighted by molar-refractivity contribution is 0.126. The molecule has 0 N–H and O–H groups in total. The summed E-state index contributed by atoms with van der Waals surface area (Å²) in [6, 6.07) is 0. The van der Waals surface area contributed by atoms with Crippen molar-refractivity contribution in [1.29, 1.82) is 0 Å². The second-order valence-corrected chi connectivity index (χ2v) is 7.67. The number of benzene rings is 1. The number of rotatable bonds is 1. The summed E-state index contributed by atoms with van der Waals surface area (Å²) in [5.41, 5.74) is 6.67. The lowest BCUT2D eigenvalue weighted by Crippen LogP contribution is -2.27. The minimum absolute atomic E-state index is 0.0912. The third kappa shape index (κ3) is 3.32. The first kappa shape index (κ1) is 16.1. The Kier molecular flexibility index (Phi) is 4.10. The van der Waals surface area contributed by atoms with E-state index in [-0.39, 0.29) is 11.0 Å². The molecule has 0 aliphatic heterocycles. The molecule has 0 radical (unpaired) electrons. The molecule has 0 atom stereocenters. The number of hydrogen-bond donors (Lipinski definition) is 0. The summed E-state index contributed by atoms with van der Waals surface area (Å²) in [6.07, 6.45) is 0. The van der Waals surface area contributed by atoms with E-state index in [4.69, 9.17) is 4.74 Å². The van der Waals surface area contributed by atoms with Gasteiger partial charge in [-0.05, 0) is 76.1 Å². The molecule has 0 bridgehead atoms. The molecule has 1 aromatic rings. The molecule has 0 aliphatic rings. The van der Waals surface area contributed by atoms with Crippen LogP contribution in [-0.2, 0) is 5.41 Å². The van der Waals surface area contributed by atoms with Gasteiger partial charge >= 0.3 is 0 Å². The summed E-state index contributed by atoms with van der Waals surface area (Å²) in [4.78, 5) is 0. The molecule has 1 rings (SSSR count). The summed E-state index contributed by atoms with van der Waals surface area (Å²) in [5.74, 6) is 1.08. The van der Waals surface area contributed by atoms with Crippen molar-refractivity contribution >= 4 is 0 Å². The van der Waals surface area contributed by atoms with Crippen LogP contribution in [0, 0.1) is 27.7 Å². The van der Waals surface area contributed by atoms with Crippen molar-refractivity contribution in [2.45, 2.75) is 80.3 Å². The highest BCUT2D eigenvalue weighted by molar-refractivity contribution is 5.56. The van der Waals surface area contributed by atoms with Gasteiger partial charge in [0.1, 0.15) is 11.4 Å². The average Bonchev–Trinajstić information content (AvgIpc) is 2.19. The van der Waals surface area contributed by atoms with Crippen molar-refractivity contribution in [2.24, 2.45) is 0 Å².